The van der Waals surface area contributed by atoms with E-state index in [0.29, 0.717) is 5.25 Å². The minimum atomic E-state index is 0.242. The summed E-state index contributed by atoms with van der Waals surface area (Å²) in [5.41, 5.74) is 1.94. The lowest BCUT2D eigenvalue weighted by atomic mass is 10.3. The van der Waals surface area contributed by atoms with Gasteiger partial charge in [-0.1, -0.05) is 18.5 Å². The van der Waals surface area contributed by atoms with Gasteiger partial charge in [0, 0.05) is 24.7 Å². The van der Waals surface area contributed by atoms with Gasteiger partial charge in [0.25, 0.3) is 0 Å². The summed E-state index contributed by atoms with van der Waals surface area (Å²) in [4.78, 5) is 0. The van der Waals surface area contributed by atoms with Crippen LogP contribution in [0.4, 0.5) is 0 Å². The van der Waals surface area contributed by atoms with Crippen molar-refractivity contribution in [1.82, 2.24) is 9.78 Å². The van der Waals surface area contributed by atoms with E-state index in [1.807, 2.05) is 18.7 Å². The number of thioether (sulfide) groups is 1. The van der Waals surface area contributed by atoms with Crippen molar-refractivity contribution in [2.75, 3.05) is 6.61 Å². The van der Waals surface area contributed by atoms with Gasteiger partial charge in [-0.2, -0.15) is 16.9 Å². The highest BCUT2D eigenvalue weighted by Gasteiger charge is 2.12. The van der Waals surface area contributed by atoms with Crippen molar-refractivity contribution in [1.29, 1.82) is 0 Å². The number of rotatable bonds is 5. The number of hydrogen-bond donors (Lipinski definition) is 1. The average molecular weight is 249 g/mol. The largest absolute Gasteiger partial charge is 0.396 e. The Morgan fingerprint density at radius 3 is 2.73 bits per heavy atom. The first-order valence-corrected chi connectivity index (χ1v) is 6.39. The van der Waals surface area contributed by atoms with Gasteiger partial charge in [0.2, 0.25) is 0 Å². The van der Waals surface area contributed by atoms with Crippen molar-refractivity contribution in [3.63, 3.8) is 0 Å². The molecule has 0 fully saturated rings. The SMILES string of the molecule is Cc1nn(C)c(CSC(C)CCO)c1Cl. The lowest BCUT2D eigenvalue weighted by molar-refractivity contribution is 0.289. The molecule has 0 aliphatic rings. The van der Waals surface area contributed by atoms with E-state index in [2.05, 4.69) is 12.0 Å². The molecule has 0 amide bonds. The van der Waals surface area contributed by atoms with Crippen LogP contribution >= 0.6 is 23.4 Å². The van der Waals surface area contributed by atoms with Crippen molar-refractivity contribution in [3.05, 3.63) is 16.4 Å². The summed E-state index contributed by atoms with van der Waals surface area (Å²) in [6.07, 6.45) is 0.819. The summed E-state index contributed by atoms with van der Waals surface area (Å²) in [7, 11) is 1.91. The molecule has 1 rings (SSSR count). The fourth-order valence-electron chi connectivity index (χ4n) is 1.32. The van der Waals surface area contributed by atoms with Crippen molar-refractivity contribution in [3.8, 4) is 0 Å². The molecule has 0 aliphatic carbocycles. The summed E-state index contributed by atoms with van der Waals surface area (Å²) in [6, 6.07) is 0. The van der Waals surface area contributed by atoms with Gasteiger partial charge in [0.05, 0.1) is 16.4 Å². The molecule has 1 aromatic heterocycles. The van der Waals surface area contributed by atoms with Gasteiger partial charge in [-0.3, -0.25) is 4.68 Å². The Hall–Kier alpha value is -0.190. The summed E-state index contributed by atoms with van der Waals surface area (Å²) in [5, 5.41) is 14.3. The Labute approximate surface area is 99.8 Å². The summed E-state index contributed by atoms with van der Waals surface area (Å²) >= 11 is 7.92. The maximum Gasteiger partial charge on any atom is 0.0855 e. The van der Waals surface area contributed by atoms with Crippen LogP contribution < -0.4 is 0 Å². The molecular formula is C10H17ClN2OS. The fourth-order valence-corrected chi connectivity index (χ4v) is 2.68. The number of aliphatic hydroxyl groups excluding tert-OH is 1. The smallest absolute Gasteiger partial charge is 0.0855 e. The molecule has 1 unspecified atom stereocenters. The zero-order valence-electron chi connectivity index (χ0n) is 9.33. The maximum absolute atomic E-state index is 8.79. The van der Waals surface area contributed by atoms with Crippen LogP contribution in [0.5, 0.6) is 0 Å². The molecule has 15 heavy (non-hydrogen) atoms. The third-order valence-electron chi connectivity index (χ3n) is 2.30. The van der Waals surface area contributed by atoms with Gasteiger partial charge in [-0.25, -0.2) is 0 Å². The highest BCUT2D eigenvalue weighted by atomic mass is 35.5. The van der Waals surface area contributed by atoms with E-state index >= 15 is 0 Å². The van der Waals surface area contributed by atoms with E-state index < -0.39 is 0 Å². The second-order valence-corrected chi connectivity index (χ2v) is 5.41. The Morgan fingerprint density at radius 2 is 2.27 bits per heavy atom. The molecule has 0 bridgehead atoms. The van der Waals surface area contributed by atoms with Gasteiger partial charge < -0.3 is 5.11 Å². The van der Waals surface area contributed by atoms with Crippen LogP contribution in [0.2, 0.25) is 5.02 Å². The van der Waals surface area contributed by atoms with Crippen LogP contribution in [-0.4, -0.2) is 26.7 Å². The number of nitrogens with zero attached hydrogens (tertiary/aromatic N) is 2. The minimum Gasteiger partial charge on any atom is -0.396 e. The highest BCUT2D eigenvalue weighted by Crippen LogP contribution is 2.26. The second-order valence-electron chi connectivity index (χ2n) is 3.60. The summed E-state index contributed by atoms with van der Waals surface area (Å²) in [6.45, 7) is 4.26. The Bertz CT molecular complexity index is 327. The predicted molar refractivity (Wildman–Crippen MR) is 65.4 cm³/mol. The lowest BCUT2D eigenvalue weighted by Gasteiger charge is -2.09. The zero-order chi connectivity index (χ0) is 11.4. The quantitative estimate of drug-likeness (QED) is 0.870. The van der Waals surface area contributed by atoms with Crippen LogP contribution in [0.1, 0.15) is 24.7 Å². The van der Waals surface area contributed by atoms with Gasteiger partial charge in [-0.15, -0.1) is 0 Å². The van der Waals surface area contributed by atoms with Gasteiger partial charge in [0.15, 0.2) is 0 Å². The Balaban J connectivity index is 2.57. The third kappa shape index (κ3) is 3.40. The second kappa shape index (κ2) is 5.77. The third-order valence-corrected chi connectivity index (χ3v) is 4.04. The molecule has 0 aromatic carbocycles. The molecule has 0 aliphatic heterocycles. The number of aliphatic hydroxyl groups is 1. The van der Waals surface area contributed by atoms with E-state index in [4.69, 9.17) is 16.7 Å². The van der Waals surface area contributed by atoms with Crippen LogP contribution in [0.3, 0.4) is 0 Å². The fraction of sp³-hybridized carbons (Fsp3) is 0.700. The van der Waals surface area contributed by atoms with Crippen LogP contribution in [0.25, 0.3) is 0 Å². The van der Waals surface area contributed by atoms with E-state index in [0.717, 1.165) is 28.6 Å². The van der Waals surface area contributed by atoms with E-state index in [1.165, 1.54) is 0 Å². The minimum absolute atomic E-state index is 0.242. The molecule has 3 nitrogen and oxygen atoms in total. The average Bonchev–Trinajstić information content (AvgIpc) is 2.40. The molecule has 0 radical (unpaired) electrons. The highest BCUT2D eigenvalue weighted by molar-refractivity contribution is 7.99. The number of aromatic nitrogens is 2. The molecule has 0 saturated heterocycles. The monoisotopic (exact) mass is 248 g/mol. The molecular weight excluding hydrogens is 232 g/mol. The van der Waals surface area contributed by atoms with E-state index in [-0.39, 0.29) is 6.61 Å². The van der Waals surface area contributed by atoms with Gasteiger partial charge in [0.1, 0.15) is 0 Å². The van der Waals surface area contributed by atoms with E-state index in [9.17, 15) is 0 Å². The number of halogens is 1. The van der Waals surface area contributed by atoms with Crippen LogP contribution in [0.15, 0.2) is 0 Å². The molecule has 0 saturated carbocycles. The van der Waals surface area contributed by atoms with Gasteiger partial charge >= 0.3 is 0 Å². The van der Waals surface area contributed by atoms with Crippen LogP contribution in [-0.2, 0) is 12.8 Å². The van der Waals surface area contributed by atoms with Crippen molar-refractivity contribution in [2.24, 2.45) is 7.05 Å². The van der Waals surface area contributed by atoms with E-state index in [1.54, 1.807) is 11.8 Å². The maximum atomic E-state index is 8.79. The lowest BCUT2D eigenvalue weighted by Crippen LogP contribution is -2.02. The molecule has 1 atom stereocenters. The normalized spacial score (nSPS) is 13.1. The molecule has 1 aromatic rings. The molecule has 0 spiro atoms. The topological polar surface area (TPSA) is 38.0 Å². The van der Waals surface area contributed by atoms with Crippen molar-refractivity contribution >= 4 is 23.4 Å². The standard InChI is InChI=1S/C10H17ClN2OS/c1-7(4-5-14)15-6-9-10(11)8(2)12-13(9)3/h7,14H,4-6H2,1-3H3. The predicted octanol–water partition coefficient (Wildman–Crippen LogP) is 2.39. The molecule has 5 heteroatoms. The van der Waals surface area contributed by atoms with Crippen molar-refractivity contribution < 1.29 is 5.11 Å². The van der Waals surface area contributed by atoms with Crippen molar-refractivity contribution in [2.45, 2.75) is 31.3 Å². The first-order valence-electron chi connectivity index (χ1n) is 4.96. The number of aryl methyl sites for hydroxylation is 2. The first-order chi connectivity index (χ1) is 7.06. The Kier molecular flexibility index (Phi) is 4.96. The van der Waals surface area contributed by atoms with Crippen LogP contribution in [0, 0.1) is 6.92 Å². The zero-order valence-corrected chi connectivity index (χ0v) is 10.9. The molecule has 1 N–H and O–H groups in total. The summed E-state index contributed by atoms with van der Waals surface area (Å²) < 4.78 is 1.83. The Morgan fingerprint density at radius 1 is 1.60 bits per heavy atom. The molecule has 1 heterocycles. The number of hydrogen-bond acceptors (Lipinski definition) is 3. The van der Waals surface area contributed by atoms with Gasteiger partial charge in [-0.05, 0) is 13.3 Å². The molecule has 86 valence electrons. The summed E-state index contributed by atoms with van der Waals surface area (Å²) in [5.74, 6) is 0.845. The first kappa shape index (κ1) is 12.9.